The molecule has 2 rings (SSSR count). The molecule has 2 heterocycles. The van der Waals surface area contributed by atoms with Crippen LogP contribution < -0.4 is 0 Å². The molecule has 2 aromatic rings. The molecule has 5 heteroatoms. The van der Waals surface area contributed by atoms with Crippen LogP contribution in [0.1, 0.15) is 23.1 Å². The maximum absolute atomic E-state index is 10.2. The van der Waals surface area contributed by atoms with Crippen LogP contribution in [0.2, 0.25) is 0 Å². The Morgan fingerprint density at radius 3 is 2.62 bits per heavy atom. The third kappa shape index (κ3) is 2.01. The van der Waals surface area contributed by atoms with Crippen LogP contribution in [-0.2, 0) is 7.05 Å². The van der Waals surface area contributed by atoms with Gasteiger partial charge in [0.25, 0.3) is 0 Å². The Balaban J connectivity index is 2.39. The Labute approximate surface area is 102 Å². The van der Waals surface area contributed by atoms with Gasteiger partial charge >= 0.3 is 0 Å². The van der Waals surface area contributed by atoms with Gasteiger partial charge in [-0.3, -0.25) is 9.67 Å². The average Bonchev–Trinajstić information content (AvgIpc) is 2.59. The number of hydrogen-bond donors (Lipinski definition) is 1. The van der Waals surface area contributed by atoms with E-state index in [9.17, 15) is 5.11 Å². The zero-order valence-corrected chi connectivity index (χ0v) is 10.6. The van der Waals surface area contributed by atoms with Crippen LogP contribution in [0.4, 0.5) is 0 Å². The number of pyridine rings is 1. The van der Waals surface area contributed by atoms with Gasteiger partial charge in [0, 0.05) is 24.5 Å². The molecule has 0 aliphatic carbocycles. The summed E-state index contributed by atoms with van der Waals surface area (Å²) >= 11 is 3.37. The Morgan fingerprint density at radius 2 is 2.12 bits per heavy atom. The first-order valence-electron chi connectivity index (χ1n) is 4.87. The molecule has 0 aliphatic heterocycles. The monoisotopic (exact) mass is 281 g/mol. The molecule has 0 bridgehead atoms. The third-order valence-corrected chi connectivity index (χ3v) is 3.06. The van der Waals surface area contributed by atoms with E-state index in [0.717, 1.165) is 21.4 Å². The molecular weight excluding hydrogens is 270 g/mol. The van der Waals surface area contributed by atoms with Crippen LogP contribution in [0.5, 0.6) is 0 Å². The van der Waals surface area contributed by atoms with E-state index in [1.165, 1.54) is 0 Å². The highest BCUT2D eigenvalue weighted by atomic mass is 79.9. The molecule has 16 heavy (non-hydrogen) atoms. The number of hydrogen-bond acceptors (Lipinski definition) is 3. The summed E-state index contributed by atoms with van der Waals surface area (Å²) in [6.45, 7) is 1.91. The molecule has 84 valence electrons. The summed E-state index contributed by atoms with van der Waals surface area (Å²) in [5, 5.41) is 14.3. The third-order valence-electron chi connectivity index (χ3n) is 2.45. The minimum absolute atomic E-state index is 0.713. The van der Waals surface area contributed by atoms with Crippen LogP contribution in [0.3, 0.4) is 0 Å². The van der Waals surface area contributed by atoms with Gasteiger partial charge in [-0.05, 0) is 28.9 Å². The zero-order chi connectivity index (χ0) is 11.7. The summed E-state index contributed by atoms with van der Waals surface area (Å²) in [4.78, 5) is 4.16. The van der Waals surface area contributed by atoms with E-state index in [2.05, 4.69) is 26.0 Å². The second-order valence-corrected chi connectivity index (χ2v) is 4.49. The van der Waals surface area contributed by atoms with Crippen molar-refractivity contribution in [2.75, 3.05) is 0 Å². The quantitative estimate of drug-likeness (QED) is 0.916. The molecule has 0 saturated heterocycles. The van der Waals surface area contributed by atoms with Crippen molar-refractivity contribution in [2.45, 2.75) is 13.0 Å². The fourth-order valence-electron chi connectivity index (χ4n) is 1.53. The number of halogens is 1. The summed E-state index contributed by atoms with van der Waals surface area (Å²) in [5.74, 6) is 0. The number of aromatic nitrogens is 3. The van der Waals surface area contributed by atoms with Gasteiger partial charge in [0.15, 0.2) is 0 Å². The minimum Gasteiger partial charge on any atom is -0.382 e. The van der Waals surface area contributed by atoms with Crippen LogP contribution in [0.25, 0.3) is 0 Å². The lowest BCUT2D eigenvalue weighted by Crippen LogP contribution is -2.07. The normalized spacial score (nSPS) is 12.8. The van der Waals surface area contributed by atoms with Crippen molar-refractivity contribution in [2.24, 2.45) is 7.05 Å². The number of nitrogens with zero attached hydrogens (tertiary/aromatic N) is 3. The first-order chi connectivity index (χ1) is 7.59. The number of aryl methyl sites for hydroxylation is 2. The number of aliphatic hydroxyl groups excluding tert-OH is 1. The molecule has 1 atom stereocenters. The Morgan fingerprint density at radius 1 is 1.38 bits per heavy atom. The Kier molecular flexibility index (Phi) is 3.07. The van der Waals surface area contributed by atoms with Gasteiger partial charge < -0.3 is 5.11 Å². The first kappa shape index (κ1) is 11.3. The van der Waals surface area contributed by atoms with Gasteiger partial charge in [0.1, 0.15) is 6.10 Å². The van der Waals surface area contributed by atoms with E-state index in [4.69, 9.17) is 0 Å². The lowest BCUT2D eigenvalue weighted by Gasteiger charge is -2.12. The van der Waals surface area contributed by atoms with Crippen LogP contribution in [-0.4, -0.2) is 19.9 Å². The standard InChI is InChI=1S/C11H12BrN3O/c1-7-3-4-8(5-13-7)11(16)10-9(12)6-14-15(10)2/h3-6,11,16H,1-2H3. The Hall–Kier alpha value is -1.20. The average molecular weight is 282 g/mol. The second kappa shape index (κ2) is 4.35. The smallest absolute Gasteiger partial charge is 0.123 e. The van der Waals surface area contributed by atoms with E-state index in [0.29, 0.717) is 0 Å². The molecule has 0 saturated carbocycles. The molecule has 1 unspecified atom stereocenters. The van der Waals surface area contributed by atoms with Crippen molar-refractivity contribution in [3.05, 3.63) is 46.0 Å². The summed E-state index contributed by atoms with van der Waals surface area (Å²) in [6, 6.07) is 3.75. The largest absolute Gasteiger partial charge is 0.382 e. The van der Waals surface area contributed by atoms with Crippen LogP contribution >= 0.6 is 15.9 Å². The van der Waals surface area contributed by atoms with E-state index in [1.54, 1.807) is 24.1 Å². The molecule has 0 radical (unpaired) electrons. The van der Waals surface area contributed by atoms with Crippen LogP contribution in [0.15, 0.2) is 29.0 Å². The highest BCUT2D eigenvalue weighted by molar-refractivity contribution is 9.10. The van der Waals surface area contributed by atoms with Crippen molar-refractivity contribution in [3.8, 4) is 0 Å². The zero-order valence-electron chi connectivity index (χ0n) is 9.05. The molecule has 0 fully saturated rings. The van der Waals surface area contributed by atoms with Crippen molar-refractivity contribution < 1.29 is 5.11 Å². The lowest BCUT2D eigenvalue weighted by molar-refractivity contribution is 0.208. The summed E-state index contributed by atoms with van der Waals surface area (Å²) in [6.07, 6.45) is 2.63. The van der Waals surface area contributed by atoms with Crippen molar-refractivity contribution in [1.82, 2.24) is 14.8 Å². The van der Waals surface area contributed by atoms with Crippen LogP contribution in [0, 0.1) is 6.92 Å². The fourth-order valence-corrected chi connectivity index (χ4v) is 2.09. The van der Waals surface area contributed by atoms with Crippen molar-refractivity contribution >= 4 is 15.9 Å². The molecule has 0 amide bonds. The maximum Gasteiger partial charge on any atom is 0.123 e. The van der Waals surface area contributed by atoms with E-state index in [1.807, 2.05) is 19.1 Å². The van der Waals surface area contributed by atoms with E-state index >= 15 is 0 Å². The number of aliphatic hydroxyl groups is 1. The maximum atomic E-state index is 10.2. The highest BCUT2D eigenvalue weighted by Gasteiger charge is 2.18. The minimum atomic E-state index is -0.713. The van der Waals surface area contributed by atoms with Gasteiger partial charge in [0.2, 0.25) is 0 Å². The predicted octanol–water partition coefficient (Wildman–Crippen LogP) is 1.97. The molecule has 4 nitrogen and oxygen atoms in total. The number of rotatable bonds is 2. The predicted molar refractivity (Wildman–Crippen MR) is 63.9 cm³/mol. The Bertz CT molecular complexity index is 473. The van der Waals surface area contributed by atoms with Gasteiger partial charge in [-0.1, -0.05) is 6.07 Å². The molecule has 0 aromatic carbocycles. The fraction of sp³-hybridized carbons (Fsp3) is 0.273. The van der Waals surface area contributed by atoms with Crippen molar-refractivity contribution in [1.29, 1.82) is 0 Å². The summed E-state index contributed by atoms with van der Waals surface area (Å²) in [5.41, 5.74) is 2.42. The van der Waals surface area contributed by atoms with Gasteiger partial charge in [-0.15, -0.1) is 0 Å². The summed E-state index contributed by atoms with van der Waals surface area (Å²) in [7, 11) is 1.80. The topological polar surface area (TPSA) is 50.9 Å². The molecule has 0 spiro atoms. The molecular formula is C11H12BrN3O. The van der Waals surface area contributed by atoms with Gasteiger partial charge in [0.05, 0.1) is 16.4 Å². The van der Waals surface area contributed by atoms with E-state index in [-0.39, 0.29) is 0 Å². The molecule has 2 aromatic heterocycles. The van der Waals surface area contributed by atoms with Gasteiger partial charge in [-0.25, -0.2) is 0 Å². The highest BCUT2D eigenvalue weighted by Crippen LogP contribution is 2.27. The van der Waals surface area contributed by atoms with Crippen molar-refractivity contribution in [3.63, 3.8) is 0 Å². The SMILES string of the molecule is Cc1ccc(C(O)c2c(Br)cnn2C)cn1. The molecule has 0 aliphatic rings. The van der Waals surface area contributed by atoms with E-state index < -0.39 is 6.10 Å². The second-order valence-electron chi connectivity index (χ2n) is 3.64. The lowest BCUT2D eigenvalue weighted by atomic mass is 10.1. The first-order valence-corrected chi connectivity index (χ1v) is 5.67. The summed E-state index contributed by atoms with van der Waals surface area (Å²) < 4.78 is 2.44. The molecule has 1 N–H and O–H groups in total. The van der Waals surface area contributed by atoms with Gasteiger partial charge in [-0.2, -0.15) is 5.10 Å².